The van der Waals surface area contributed by atoms with E-state index in [4.69, 9.17) is 16.0 Å². The Balaban J connectivity index is 0.000000367. The average Bonchev–Trinajstić information content (AvgIpc) is 3.40. The number of amides is 1. The van der Waals surface area contributed by atoms with E-state index in [2.05, 4.69) is 27.1 Å². The Labute approximate surface area is 179 Å². The van der Waals surface area contributed by atoms with Crippen LogP contribution < -0.4 is 4.90 Å². The van der Waals surface area contributed by atoms with Crippen LogP contribution in [-0.4, -0.2) is 46.6 Å². The zero-order valence-corrected chi connectivity index (χ0v) is 17.6. The summed E-state index contributed by atoms with van der Waals surface area (Å²) in [5.41, 5.74) is 1.80. The van der Waals surface area contributed by atoms with Crippen LogP contribution in [0.1, 0.15) is 24.4 Å². The first kappa shape index (κ1) is 21.9. The zero-order chi connectivity index (χ0) is 21.5. The van der Waals surface area contributed by atoms with Crippen LogP contribution in [0.2, 0.25) is 5.02 Å². The van der Waals surface area contributed by atoms with Crippen LogP contribution in [0.4, 0.5) is 10.1 Å². The number of likely N-dealkylation sites (tertiary alicyclic amines) is 1. The van der Waals surface area contributed by atoms with Crippen LogP contribution >= 0.6 is 11.6 Å². The number of rotatable bonds is 5. The van der Waals surface area contributed by atoms with Gasteiger partial charge in [0.1, 0.15) is 5.82 Å². The molecule has 0 atom stereocenters. The van der Waals surface area contributed by atoms with Crippen molar-refractivity contribution >= 4 is 23.7 Å². The first-order valence-corrected chi connectivity index (χ1v) is 9.95. The van der Waals surface area contributed by atoms with E-state index in [9.17, 15) is 9.18 Å². The van der Waals surface area contributed by atoms with Crippen molar-refractivity contribution in [3.8, 4) is 11.5 Å². The maximum Gasteiger partial charge on any atom is 0.249 e. The molecule has 0 aliphatic carbocycles. The number of hydrogen-bond acceptors (Lipinski definition) is 6. The molecule has 1 amide bonds. The third kappa shape index (κ3) is 5.84. The number of anilines is 1. The van der Waals surface area contributed by atoms with Gasteiger partial charge in [0.25, 0.3) is 0 Å². The standard InChI is InChI=1S/C16H12ClFN4O2.C5H11N/c1-10-20-21-16(24-10)11-2-3-12(19-7-11)8-22(9-23)13-4-5-15(18)14(17)6-13;1-6-4-2-3-5-6/h2-7,9H,8H2,1H3;2-5H2,1H3. The molecule has 1 aliphatic heterocycles. The lowest BCUT2D eigenvalue weighted by molar-refractivity contribution is -0.107. The summed E-state index contributed by atoms with van der Waals surface area (Å²) in [4.78, 5) is 19.3. The second-order valence-electron chi connectivity index (χ2n) is 7.01. The van der Waals surface area contributed by atoms with Gasteiger partial charge < -0.3 is 14.2 Å². The van der Waals surface area contributed by atoms with Gasteiger partial charge in [0, 0.05) is 18.8 Å². The third-order valence-corrected chi connectivity index (χ3v) is 4.91. The number of halogens is 2. The lowest BCUT2D eigenvalue weighted by Gasteiger charge is -2.17. The van der Waals surface area contributed by atoms with Gasteiger partial charge in [-0.3, -0.25) is 9.78 Å². The largest absolute Gasteiger partial charge is 0.421 e. The molecule has 0 spiro atoms. The molecule has 1 fully saturated rings. The van der Waals surface area contributed by atoms with Crippen molar-refractivity contribution < 1.29 is 13.6 Å². The predicted octanol–water partition coefficient (Wildman–Crippen LogP) is 4.11. The van der Waals surface area contributed by atoms with Crippen molar-refractivity contribution in [2.75, 3.05) is 25.0 Å². The highest BCUT2D eigenvalue weighted by atomic mass is 35.5. The topological polar surface area (TPSA) is 75.4 Å². The Hall–Kier alpha value is -2.84. The number of aryl methyl sites for hydroxylation is 1. The molecule has 3 heterocycles. The minimum Gasteiger partial charge on any atom is -0.421 e. The molecule has 4 rings (SSSR count). The summed E-state index contributed by atoms with van der Waals surface area (Å²) in [7, 11) is 2.17. The molecule has 0 radical (unpaired) electrons. The third-order valence-electron chi connectivity index (χ3n) is 4.62. The molecule has 1 saturated heterocycles. The lowest BCUT2D eigenvalue weighted by Crippen LogP contribution is -2.21. The Kier molecular flexibility index (Phi) is 7.48. The molecule has 9 heteroatoms. The SMILES string of the molecule is CN1CCCC1.Cc1nnc(-c2ccc(CN(C=O)c3ccc(F)c(Cl)c3)nc2)o1. The maximum absolute atomic E-state index is 13.2. The Morgan fingerprint density at radius 3 is 2.50 bits per heavy atom. The summed E-state index contributed by atoms with van der Waals surface area (Å²) in [5.74, 6) is 0.307. The van der Waals surface area contributed by atoms with E-state index in [-0.39, 0.29) is 11.6 Å². The van der Waals surface area contributed by atoms with Gasteiger partial charge in [0.15, 0.2) is 0 Å². The fourth-order valence-electron chi connectivity index (χ4n) is 2.96. The first-order valence-electron chi connectivity index (χ1n) is 9.57. The number of hydrogen-bond donors (Lipinski definition) is 0. The van der Waals surface area contributed by atoms with E-state index in [0.29, 0.717) is 35.1 Å². The van der Waals surface area contributed by atoms with Gasteiger partial charge in [-0.25, -0.2) is 4.39 Å². The molecule has 0 saturated carbocycles. The molecule has 3 aromatic rings. The van der Waals surface area contributed by atoms with Gasteiger partial charge in [0.05, 0.1) is 22.8 Å². The molecule has 158 valence electrons. The van der Waals surface area contributed by atoms with Gasteiger partial charge in [-0.05, 0) is 63.3 Å². The Bertz CT molecular complexity index is 974. The van der Waals surface area contributed by atoms with Gasteiger partial charge >= 0.3 is 0 Å². The molecule has 7 nitrogen and oxygen atoms in total. The second kappa shape index (κ2) is 10.3. The van der Waals surface area contributed by atoms with Crippen LogP contribution in [0.3, 0.4) is 0 Å². The van der Waals surface area contributed by atoms with Crippen molar-refractivity contribution in [2.24, 2.45) is 0 Å². The first-order chi connectivity index (χ1) is 14.5. The van der Waals surface area contributed by atoms with Crippen molar-refractivity contribution in [2.45, 2.75) is 26.3 Å². The number of carbonyl (C=O) groups excluding carboxylic acids is 1. The van der Waals surface area contributed by atoms with E-state index in [1.807, 2.05) is 0 Å². The van der Waals surface area contributed by atoms with Crippen molar-refractivity contribution in [1.82, 2.24) is 20.1 Å². The number of carbonyl (C=O) groups is 1. The molecule has 1 aromatic carbocycles. The van der Waals surface area contributed by atoms with E-state index >= 15 is 0 Å². The van der Waals surface area contributed by atoms with Crippen molar-refractivity contribution in [1.29, 1.82) is 0 Å². The molecule has 0 bridgehead atoms. The van der Waals surface area contributed by atoms with Gasteiger partial charge in [-0.2, -0.15) is 0 Å². The van der Waals surface area contributed by atoms with E-state index < -0.39 is 5.82 Å². The van der Waals surface area contributed by atoms with E-state index in [0.717, 1.165) is 0 Å². The number of pyridine rings is 1. The van der Waals surface area contributed by atoms with E-state index in [1.165, 1.54) is 49.0 Å². The smallest absolute Gasteiger partial charge is 0.249 e. The highest BCUT2D eigenvalue weighted by Gasteiger charge is 2.11. The maximum atomic E-state index is 13.2. The van der Waals surface area contributed by atoms with Gasteiger partial charge in [0.2, 0.25) is 18.2 Å². The molecular weight excluding hydrogens is 409 g/mol. The highest BCUT2D eigenvalue weighted by Crippen LogP contribution is 2.23. The number of benzene rings is 1. The summed E-state index contributed by atoms with van der Waals surface area (Å²) >= 11 is 5.75. The Morgan fingerprint density at radius 2 is 2.00 bits per heavy atom. The van der Waals surface area contributed by atoms with Crippen molar-refractivity contribution in [3.63, 3.8) is 0 Å². The second-order valence-corrected chi connectivity index (χ2v) is 7.41. The molecule has 1 aliphatic rings. The summed E-state index contributed by atoms with van der Waals surface area (Å²) in [5, 5.41) is 7.63. The zero-order valence-electron chi connectivity index (χ0n) is 16.9. The fourth-order valence-corrected chi connectivity index (χ4v) is 3.14. The van der Waals surface area contributed by atoms with Crippen LogP contribution in [0.5, 0.6) is 0 Å². The minimum absolute atomic E-state index is 0.0468. The minimum atomic E-state index is -0.538. The molecule has 0 unspecified atom stereocenters. The molecular formula is C21H23ClFN5O2. The fraction of sp³-hybridized carbons (Fsp3) is 0.333. The summed E-state index contributed by atoms with van der Waals surface area (Å²) < 4.78 is 18.6. The van der Waals surface area contributed by atoms with Crippen molar-refractivity contribution in [3.05, 3.63) is 59.0 Å². The lowest BCUT2D eigenvalue weighted by atomic mass is 10.2. The monoisotopic (exact) mass is 431 g/mol. The normalized spacial score (nSPS) is 13.6. The van der Waals surface area contributed by atoms with Gasteiger partial charge in [-0.1, -0.05) is 11.6 Å². The highest BCUT2D eigenvalue weighted by molar-refractivity contribution is 6.31. The Morgan fingerprint density at radius 1 is 1.23 bits per heavy atom. The summed E-state index contributed by atoms with van der Waals surface area (Å²) in [6.07, 6.45) is 5.05. The summed E-state index contributed by atoms with van der Waals surface area (Å²) in [6.45, 7) is 4.56. The predicted molar refractivity (Wildman–Crippen MR) is 113 cm³/mol. The summed E-state index contributed by atoms with van der Waals surface area (Å²) in [6, 6.07) is 7.60. The van der Waals surface area contributed by atoms with Crippen LogP contribution in [0, 0.1) is 12.7 Å². The molecule has 2 aromatic heterocycles. The average molecular weight is 432 g/mol. The quantitative estimate of drug-likeness (QED) is 0.566. The molecule has 0 N–H and O–H groups in total. The van der Waals surface area contributed by atoms with E-state index in [1.54, 1.807) is 25.3 Å². The van der Waals surface area contributed by atoms with Crippen LogP contribution in [-0.2, 0) is 11.3 Å². The number of aromatic nitrogens is 3. The van der Waals surface area contributed by atoms with Gasteiger partial charge in [-0.15, -0.1) is 10.2 Å². The molecule has 30 heavy (non-hydrogen) atoms. The number of nitrogens with zero attached hydrogens (tertiary/aromatic N) is 5. The van der Waals surface area contributed by atoms with Crippen LogP contribution in [0.25, 0.3) is 11.5 Å². The van der Waals surface area contributed by atoms with Crippen LogP contribution in [0.15, 0.2) is 40.9 Å².